The van der Waals surface area contributed by atoms with E-state index in [0.29, 0.717) is 0 Å². The van der Waals surface area contributed by atoms with Crippen molar-refractivity contribution in [1.82, 2.24) is 0 Å². The molecule has 0 aliphatic heterocycles. The van der Waals surface area contributed by atoms with Crippen LogP contribution >= 0.6 is 39.1 Å². The number of halogens is 3. The van der Waals surface area contributed by atoms with Crippen LogP contribution in [-0.2, 0) is 0 Å². The fourth-order valence-corrected chi connectivity index (χ4v) is 2.64. The van der Waals surface area contributed by atoms with Crippen molar-refractivity contribution in [2.24, 2.45) is 0 Å². The first kappa shape index (κ1) is 10.4. The lowest BCUT2D eigenvalue weighted by molar-refractivity contribution is 1.20. The lowest BCUT2D eigenvalue weighted by atomic mass is 10.0. The van der Waals surface area contributed by atoms with Gasteiger partial charge in [-0.15, -0.1) is 23.2 Å². The maximum atomic E-state index is 5.82. The fraction of sp³-hybridized carbons (Fsp3) is 0.333. The van der Waals surface area contributed by atoms with Crippen LogP contribution < -0.4 is 0 Å². The second kappa shape index (κ2) is 3.99. The smallest absolute Gasteiger partial charge is 0.100 e. The molecule has 0 saturated heterocycles. The molecule has 0 bridgehead atoms. The summed E-state index contributed by atoms with van der Waals surface area (Å²) >= 11 is 15.0. The van der Waals surface area contributed by atoms with Crippen LogP contribution in [0.4, 0.5) is 0 Å². The van der Waals surface area contributed by atoms with Crippen LogP contribution in [0.15, 0.2) is 16.6 Å². The average Bonchev–Trinajstić information content (AvgIpc) is 1.82. The molecular formula is C9H9BrCl2. The van der Waals surface area contributed by atoms with Crippen molar-refractivity contribution in [3.8, 4) is 0 Å². The molecule has 0 unspecified atom stereocenters. The Morgan fingerprint density at radius 1 is 1.17 bits per heavy atom. The van der Waals surface area contributed by atoms with E-state index < -0.39 is 4.84 Å². The third-order valence-electron chi connectivity index (χ3n) is 1.78. The molecule has 0 atom stereocenters. The Kier molecular flexibility index (Phi) is 3.45. The van der Waals surface area contributed by atoms with Gasteiger partial charge in [0.2, 0.25) is 0 Å². The molecule has 1 rings (SSSR count). The Balaban J connectivity index is 3.28. The Hall–Kier alpha value is 0.280. The van der Waals surface area contributed by atoms with Gasteiger partial charge in [-0.3, -0.25) is 0 Å². The highest BCUT2D eigenvalue weighted by Gasteiger charge is 2.10. The summed E-state index contributed by atoms with van der Waals surface area (Å²) in [5, 5.41) is 0. The number of hydrogen-bond acceptors (Lipinski definition) is 0. The van der Waals surface area contributed by atoms with Crippen LogP contribution in [0.5, 0.6) is 0 Å². The summed E-state index contributed by atoms with van der Waals surface area (Å²) < 4.78 is 1.07. The van der Waals surface area contributed by atoms with E-state index in [-0.39, 0.29) is 0 Å². The molecule has 0 heterocycles. The molecule has 1 aromatic carbocycles. The fourth-order valence-electron chi connectivity index (χ4n) is 1.27. The van der Waals surface area contributed by atoms with Gasteiger partial charge in [0.25, 0.3) is 0 Å². The molecule has 0 amide bonds. The van der Waals surface area contributed by atoms with Gasteiger partial charge >= 0.3 is 0 Å². The molecule has 0 aliphatic carbocycles. The number of hydrogen-bond donors (Lipinski definition) is 0. The van der Waals surface area contributed by atoms with Gasteiger partial charge in [0.1, 0.15) is 4.84 Å². The third kappa shape index (κ3) is 2.15. The van der Waals surface area contributed by atoms with E-state index in [0.717, 1.165) is 21.2 Å². The van der Waals surface area contributed by atoms with Gasteiger partial charge in [0.05, 0.1) is 0 Å². The quantitative estimate of drug-likeness (QED) is 0.656. The predicted molar refractivity (Wildman–Crippen MR) is 58.1 cm³/mol. The lowest BCUT2D eigenvalue weighted by Gasteiger charge is -2.10. The molecular weight excluding hydrogens is 259 g/mol. The SMILES string of the molecule is Cc1cc(Br)cc(C)c1C(Cl)Cl. The summed E-state index contributed by atoms with van der Waals surface area (Å²) in [6.07, 6.45) is 0. The summed E-state index contributed by atoms with van der Waals surface area (Å²) in [6.45, 7) is 4.01. The Bertz CT molecular complexity index is 272. The van der Waals surface area contributed by atoms with Crippen molar-refractivity contribution in [3.63, 3.8) is 0 Å². The highest BCUT2D eigenvalue weighted by atomic mass is 79.9. The van der Waals surface area contributed by atoms with E-state index in [1.165, 1.54) is 0 Å². The Labute approximate surface area is 91.0 Å². The summed E-state index contributed by atoms with van der Waals surface area (Å²) in [6, 6.07) is 4.03. The minimum absolute atomic E-state index is 0.432. The Morgan fingerprint density at radius 3 is 1.92 bits per heavy atom. The normalized spacial score (nSPS) is 10.8. The van der Waals surface area contributed by atoms with Crippen LogP contribution in [0.25, 0.3) is 0 Å². The summed E-state index contributed by atoms with van der Waals surface area (Å²) in [5.74, 6) is 0. The molecule has 66 valence electrons. The summed E-state index contributed by atoms with van der Waals surface area (Å²) in [7, 11) is 0. The van der Waals surface area contributed by atoms with Crippen LogP contribution in [0.2, 0.25) is 0 Å². The first-order chi connectivity index (χ1) is 5.52. The maximum absolute atomic E-state index is 5.82. The van der Waals surface area contributed by atoms with Crippen molar-refractivity contribution in [2.75, 3.05) is 0 Å². The van der Waals surface area contributed by atoms with Gasteiger partial charge < -0.3 is 0 Å². The van der Waals surface area contributed by atoms with Gasteiger partial charge in [0.15, 0.2) is 0 Å². The van der Waals surface area contributed by atoms with E-state index in [4.69, 9.17) is 23.2 Å². The number of benzene rings is 1. The molecule has 0 radical (unpaired) electrons. The van der Waals surface area contributed by atoms with Crippen molar-refractivity contribution < 1.29 is 0 Å². The Morgan fingerprint density at radius 2 is 1.58 bits per heavy atom. The zero-order valence-electron chi connectivity index (χ0n) is 6.87. The van der Waals surface area contributed by atoms with Crippen molar-refractivity contribution in [3.05, 3.63) is 33.3 Å². The largest absolute Gasteiger partial charge is 0.133 e. The second-order valence-electron chi connectivity index (χ2n) is 2.75. The van der Waals surface area contributed by atoms with Gasteiger partial charge in [-0.05, 0) is 42.7 Å². The number of alkyl halides is 2. The number of rotatable bonds is 1. The van der Waals surface area contributed by atoms with Crippen molar-refractivity contribution in [2.45, 2.75) is 18.7 Å². The predicted octanol–water partition coefficient (Wildman–Crippen LogP) is 4.54. The molecule has 0 aromatic heterocycles. The third-order valence-corrected chi connectivity index (χ3v) is 2.67. The molecule has 0 N–H and O–H groups in total. The van der Waals surface area contributed by atoms with Gasteiger partial charge in [-0.2, -0.15) is 0 Å². The second-order valence-corrected chi connectivity index (χ2v) is 4.77. The molecule has 1 aromatic rings. The van der Waals surface area contributed by atoms with Gasteiger partial charge in [-0.1, -0.05) is 15.9 Å². The zero-order valence-corrected chi connectivity index (χ0v) is 9.96. The van der Waals surface area contributed by atoms with Crippen molar-refractivity contribution >= 4 is 39.1 Å². The van der Waals surface area contributed by atoms with Crippen LogP contribution in [0.1, 0.15) is 21.5 Å². The first-order valence-electron chi connectivity index (χ1n) is 3.57. The standard InChI is InChI=1S/C9H9BrCl2/c1-5-3-7(10)4-6(2)8(5)9(11)12/h3-4,9H,1-2H3. The molecule has 0 saturated carbocycles. The maximum Gasteiger partial charge on any atom is 0.133 e. The van der Waals surface area contributed by atoms with Crippen LogP contribution in [0, 0.1) is 13.8 Å². The molecule has 0 aliphatic rings. The van der Waals surface area contributed by atoms with Gasteiger partial charge in [0, 0.05) is 4.47 Å². The van der Waals surface area contributed by atoms with E-state index >= 15 is 0 Å². The summed E-state index contributed by atoms with van der Waals surface area (Å²) in [5.41, 5.74) is 3.26. The highest BCUT2D eigenvalue weighted by Crippen LogP contribution is 2.32. The minimum atomic E-state index is -0.432. The molecule has 3 heteroatoms. The van der Waals surface area contributed by atoms with E-state index in [9.17, 15) is 0 Å². The van der Waals surface area contributed by atoms with E-state index in [1.54, 1.807) is 0 Å². The van der Waals surface area contributed by atoms with Crippen molar-refractivity contribution in [1.29, 1.82) is 0 Å². The van der Waals surface area contributed by atoms with Crippen LogP contribution in [-0.4, -0.2) is 0 Å². The zero-order chi connectivity index (χ0) is 9.30. The topological polar surface area (TPSA) is 0 Å². The monoisotopic (exact) mass is 266 g/mol. The lowest BCUT2D eigenvalue weighted by Crippen LogP contribution is -1.92. The summed E-state index contributed by atoms with van der Waals surface area (Å²) in [4.78, 5) is -0.432. The van der Waals surface area contributed by atoms with E-state index in [1.807, 2.05) is 26.0 Å². The minimum Gasteiger partial charge on any atom is -0.100 e. The molecule has 0 spiro atoms. The first-order valence-corrected chi connectivity index (χ1v) is 5.23. The highest BCUT2D eigenvalue weighted by molar-refractivity contribution is 9.10. The average molecular weight is 268 g/mol. The molecule has 0 fully saturated rings. The molecule has 0 nitrogen and oxygen atoms in total. The number of aryl methyl sites for hydroxylation is 2. The van der Waals surface area contributed by atoms with Crippen LogP contribution in [0.3, 0.4) is 0 Å². The van der Waals surface area contributed by atoms with E-state index in [2.05, 4.69) is 15.9 Å². The van der Waals surface area contributed by atoms with Gasteiger partial charge in [-0.25, -0.2) is 0 Å². The molecule has 12 heavy (non-hydrogen) atoms.